The lowest BCUT2D eigenvalue weighted by Gasteiger charge is -2.08. The summed E-state index contributed by atoms with van der Waals surface area (Å²) in [5, 5.41) is 14.1. The Hall–Kier alpha value is -2.05. The van der Waals surface area contributed by atoms with Gasteiger partial charge in [0.05, 0.1) is 5.92 Å². The highest BCUT2D eigenvalue weighted by atomic mass is 16.4. The number of urea groups is 1. The van der Waals surface area contributed by atoms with Crippen LogP contribution in [0.15, 0.2) is 12.4 Å². The molecule has 0 fully saturated rings. The van der Waals surface area contributed by atoms with E-state index in [9.17, 15) is 9.59 Å². The van der Waals surface area contributed by atoms with Gasteiger partial charge in [0.25, 0.3) is 0 Å². The predicted molar refractivity (Wildman–Crippen MR) is 69.7 cm³/mol. The van der Waals surface area contributed by atoms with Gasteiger partial charge in [0.15, 0.2) is 0 Å². The van der Waals surface area contributed by atoms with E-state index in [1.54, 1.807) is 19.3 Å². The number of hydrogen-bond donors (Lipinski definition) is 4. The van der Waals surface area contributed by atoms with Crippen LogP contribution in [-0.2, 0) is 11.2 Å². The number of nitrogens with one attached hydrogen (secondary N) is 3. The third-order valence-electron chi connectivity index (χ3n) is 2.72. The van der Waals surface area contributed by atoms with Gasteiger partial charge < -0.3 is 20.7 Å². The van der Waals surface area contributed by atoms with Crippen LogP contribution < -0.4 is 10.6 Å². The van der Waals surface area contributed by atoms with Gasteiger partial charge in [-0.25, -0.2) is 9.78 Å². The maximum absolute atomic E-state index is 11.4. The first-order valence-electron chi connectivity index (χ1n) is 6.32. The number of carbonyl (C=O) groups excluding carboxylic acids is 1. The average Bonchev–Trinajstić information content (AvgIpc) is 2.87. The van der Waals surface area contributed by atoms with Gasteiger partial charge >= 0.3 is 12.0 Å². The predicted octanol–water partition coefficient (Wildman–Crippen LogP) is 0.752. The number of carbonyl (C=O) groups is 2. The van der Waals surface area contributed by atoms with Gasteiger partial charge in [0.2, 0.25) is 0 Å². The van der Waals surface area contributed by atoms with Gasteiger partial charge in [0, 0.05) is 31.9 Å². The second-order valence-corrected chi connectivity index (χ2v) is 4.35. The third kappa shape index (κ3) is 6.44. The quantitative estimate of drug-likeness (QED) is 0.522. The molecule has 19 heavy (non-hydrogen) atoms. The van der Waals surface area contributed by atoms with Crippen LogP contribution >= 0.6 is 0 Å². The summed E-state index contributed by atoms with van der Waals surface area (Å²) in [5.41, 5.74) is 0. The van der Waals surface area contributed by atoms with E-state index in [1.165, 1.54) is 0 Å². The number of amides is 2. The molecule has 1 aromatic rings. The van der Waals surface area contributed by atoms with E-state index in [0.29, 0.717) is 32.4 Å². The standard InChI is InChI=1S/C12H20N4O3/c1-9(11(17)18)3-2-5-15-12(19)16-6-4-10-13-7-8-14-10/h7-9H,2-6H2,1H3,(H,13,14)(H,17,18)(H2,15,16,19). The van der Waals surface area contributed by atoms with Crippen molar-refractivity contribution in [2.45, 2.75) is 26.2 Å². The highest BCUT2D eigenvalue weighted by molar-refractivity contribution is 5.73. The van der Waals surface area contributed by atoms with Gasteiger partial charge in [-0.1, -0.05) is 6.92 Å². The minimum Gasteiger partial charge on any atom is -0.481 e. The van der Waals surface area contributed by atoms with Gasteiger partial charge in [-0.3, -0.25) is 4.79 Å². The van der Waals surface area contributed by atoms with Crippen molar-refractivity contribution in [3.05, 3.63) is 18.2 Å². The molecule has 0 aliphatic heterocycles. The largest absolute Gasteiger partial charge is 0.481 e. The first-order chi connectivity index (χ1) is 9.09. The molecule has 0 saturated heterocycles. The van der Waals surface area contributed by atoms with Crippen molar-refractivity contribution in [3.63, 3.8) is 0 Å². The van der Waals surface area contributed by atoms with Crippen molar-refractivity contribution < 1.29 is 14.7 Å². The summed E-state index contributed by atoms with van der Waals surface area (Å²) >= 11 is 0. The van der Waals surface area contributed by atoms with Crippen LogP contribution in [0.1, 0.15) is 25.6 Å². The SMILES string of the molecule is CC(CCCNC(=O)NCCc1ncc[nH]1)C(=O)O. The fourth-order valence-electron chi connectivity index (χ4n) is 1.53. The Morgan fingerprint density at radius 2 is 2.16 bits per heavy atom. The molecule has 4 N–H and O–H groups in total. The molecular formula is C12H20N4O3. The van der Waals surface area contributed by atoms with Crippen molar-refractivity contribution in [1.82, 2.24) is 20.6 Å². The van der Waals surface area contributed by atoms with Crippen LogP contribution in [0.2, 0.25) is 0 Å². The van der Waals surface area contributed by atoms with Crippen LogP contribution in [0.5, 0.6) is 0 Å². The van der Waals surface area contributed by atoms with Crippen molar-refractivity contribution in [2.75, 3.05) is 13.1 Å². The van der Waals surface area contributed by atoms with Crippen LogP contribution in [0.25, 0.3) is 0 Å². The molecule has 2 amide bonds. The van der Waals surface area contributed by atoms with Crippen LogP contribution in [0, 0.1) is 5.92 Å². The smallest absolute Gasteiger partial charge is 0.314 e. The maximum Gasteiger partial charge on any atom is 0.314 e. The van der Waals surface area contributed by atoms with Crippen molar-refractivity contribution >= 4 is 12.0 Å². The second kappa shape index (κ2) is 8.12. The van der Waals surface area contributed by atoms with E-state index in [-0.39, 0.29) is 11.9 Å². The normalized spacial score (nSPS) is 11.8. The first-order valence-corrected chi connectivity index (χ1v) is 6.32. The minimum atomic E-state index is -0.803. The lowest BCUT2D eigenvalue weighted by molar-refractivity contribution is -0.141. The lowest BCUT2D eigenvalue weighted by Crippen LogP contribution is -2.37. The van der Waals surface area contributed by atoms with Crippen LogP contribution in [-0.4, -0.2) is 40.2 Å². The van der Waals surface area contributed by atoms with E-state index in [0.717, 1.165) is 5.82 Å². The van der Waals surface area contributed by atoms with E-state index in [1.807, 2.05) is 0 Å². The number of carboxylic acid groups (broad SMARTS) is 1. The van der Waals surface area contributed by atoms with Crippen molar-refractivity contribution in [1.29, 1.82) is 0 Å². The Morgan fingerprint density at radius 1 is 1.42 bits per heavy atom. The molecule has 1 rings (SSSR count). The molecule has 1 unspecified atom stereocenters. The molecular weight excluding hydrogens is 248 g/mol. The molecule has 0 bridgehead atoms. The van der Waals surface area contributed by atoms with Crippen molar-refractivity contribution in [3.8, 4) is 0 Å². The number of aromatic nitrogens is 2. The summed E-state index contributed by atoms with van der Waals surface area (Å²) in [6, 6.07) is -0.241. The summed E-state index contributed by atoms with van der Waals surface area (Å²) < 4.78 is 0. The molecule has 1 aromatic heterocycles. The van der Waals surface area contributed by atoms with Gasteiger partial charge in [-0.2, -0.15) is 0 Å². The van der Waals surface area contributed by atoms with Crippen LogP contribution in [0.3, 0.4) is 0 Å². The number of carboxylic acids is 1. The number of H-pyrrole nitrogens is 1. The van der Waals surface area contributed by atoms with Gasteiger partial charge in [0.1, 0.15) is 5.82 Å². The van der Waals surface area contributed by atoms with Crippen molar-refractivity contribution in [2.24, 2.45) is 5.92 Å². The fourth-order valence-corrected chi connectivity index (χ4v) is 1.53. The first kappa shape index (κ1) is 15.0. The summed E-state index contributed by atoms with van der Waals surface area (Å²) in [6.07, 6.45) is 5.26. The highest BCUT2D eigenvalue weighted by Gasteiger charge is 2.09. The summed E-state index contributed by atoms with van der Waals surface area (Å²) in [4.78, 5) is 28.9. The van der Waals surface area contributed by atoms with Crippen LogP contribution in [0.4, 0.5) is 4.79 Å². The summed E-state index contributed by atoms with van der Waals surface area (Å²) in [7, 11) is 0. The molecule has 0 aliphatic rings. The van der Waals surface area contributed by atoms with E-state index < -0.39 is 5.97 Å². The van der Waals surface area contributed by atoms with E-state index >= 15 is 0 Å². The average molecular weight is 268 g/mol. The Balaban J connectivity index is 2.00. The number of imidazole rings is 1. The topological polar surface area (TPSA) is 107 Å². The third-order valence-corrected chi connectivity index (χ3v) is 2.72. The number of aromatic amines is 1. The molecule has 0 aromatic carbocycles. The van der Waals surface area contributed by atoms with Gasteiger partial charge in [-0.05, 0) is 12.8 Å². The Kier molecular flexibility index (Phi) is 6.42. The zero-order chi connectivity index (χ0) is 14.1. The van der Waals surface area contributed by atoms with E-state index in [4.69, 9.17) is 5.11 Å². The minimum absolute atomic E-state index is 0.241. The number of nitrogens with zero attached hydrogens (tertiary/aromatic N) is 1. The molecule has 0 saturated carbocycles. The fraction of sp³-hybridized carbons (Fsp3) is 0.583. The molecule has 1 atom stereocenters. The Bertz CT molecular complexity index is 392. The Morgan fingerprint density at radius 3 is 2.79 bits per heavy atom. The number of rotatable bonds is 8. The molecule has 0 spiro atoms. The maximum atomic E-state index is 11.4. The lowest BCUT2D eigenvalue weighted by atomic mass is 10.1. The molecule has 7 nitrogen and oxygen atoms in total. The molecule has 106 valence electrons. The summed E-state index contributed by atoms with van der Waals surface area (Å²) in [6.45, 7) is 2.64. The van der Waals surface area contributed by atoms with E-state index in [2.05, 4.69) is 20.6 Å². The number of hydrogen-bond acceptors (Lipinski definition) is 3. The Labute approximate surface area is 111 Å². The highest BCUT2D eigenvalue weighted by Crippen LogP contribution is 2.03. The molecule has 0 aliphatic carbocycles. The van der Waals surface area contributed by atoms with Gasteiger partial charge in [-0.15, -0.1) is 0 Å². The zero-order valence-electron chi connectivity index (χ0n) is 11.0. The molecule has 1 heterocycles. The summed E-state index contributed by atoms with van der Waals surface area (Å²) in [5.74, 6) is -0.345. The molecule has 0 radical (unpaired) electrons. The number of aliphatic carboxylic acids is 1. The zero-order valence-corrected chi connectivity index (χ0v) is 11.0. The monoisotopic (exact) mass is 268 g/mol. The second-order valence-electron chi connectivity index (χ2n) is 4.35. The molecule has 7 heteroatoms.